The topological polar surface area (TPSA) is 52.7 Å². The van der Waals surface area contributed by atoms with Crippen LogP contribution in [-0.2, 0) is 9.59 Å². The lowest BCUT2D eigenvalue weighted by Crippen LogP contribution is -2.52. The Labute approximate surface area is 96.8 Å². The smallest absolute Gasteiger partial charge is 0.241 e. The number of nitrogens with one attached hydrogen (secondary N) is 1. The van der Waals surface area contributed by atoms with Crippen molar-refractivity contribution in [3.8, 4) is 0 Å². The van der Waals surface area contributed by atoms with Gasteiger partial charge in [-0.1, -0.05) is 0 Å². The summed E-state index contributed by atoms with van der Waals surface area (Å²) in [6.45, 7) is 3.50. The highest BCUT2D eigenvalue weighted by atomic mass is 16.2. The summed E-state index contributed by atoms with van der Waals surface area (Å²) in [6, 6.07) is -0.117. The Hall–Kier alpha value is -1.10. The first-order chi connectivity index (χ1) is 7.60. The van der Waals surface area contributed by atoms with E-state index in [1.807, 2.05) is 6.92 Å². The predicted octanol–water partition coefficient (Wildman–Crippen LogP) is -0.325. The summed E-state index contributed by atoms with van der Waals surface area (Å²) in [4.78, 5) is 26.9. The number of piperidine rings is 1. The maximum atomic E-state index is 11.9. The summed E-state index contributed by atoms with van der Waals surface area (Å²) in [5.41, 5.74) is 0. The molecule has 1 aliphatic heterocycles. The Bertz CT molecular complexity index is 268. The summed E-state index contributed by atoms with van der Waals surface area (Å²) in [5.74, 6) is 0.0548. The van der Waals surface area contributed by atoms with E-state index >= 15 is 0 Å². The van der Waals surface area contributed by atoms with Gasteiger partial charge in [-0.05, 0) is 26.8 Å². The first kappa shape index (κ1) is 13.0. The quantitative estimate of drug-likeness (QED) is 0.716. The van der Waals surface area contributed by atoms with Crippen LogP contribution in [-0.4, -0.2) is 61.4 Å². The molecule has 0 spiro atoms. The van der Waals surface area contributed by atoms with Crippen LogP contribution >= 0.6 is 0 Å². The van der Waals surface area contributed by atoms with Gasteiger partial charge in [-0.2, -0.15) is 0 Å². The van der Waals surface area contributed by atoms with Crippen LogP contribution in [0.5, 0.6) is 0 Å². The lowest BCUT2D eigenvalue weighted by atomic mass is 10.1. The number of rotatable bonds is 4. The molecule has 1 rings (SSSR count). The van der Waals surface area contributed by atoms with E-state index in [-0.39, 0.29) is 24.4 Å². The summed E-state index contributed by atoms with van der Waals surface area (Å²) >= 11 is 0. The highest BCUT2D eigenvalue weighted by Gasteiger charge is 2.28. The monoisotopic (exact) mass is 227 g/mol. The molecule has 1 atom stereocenters. The van der Waals surface area contributed by atoms with Gasteiger partial charge in [0.05, 0.1) is 12.6 Å². The van der Waals surface area contributed by atoms with Crippen molar-refractivity contribution in [2.75, 3.05) is 33.7 Å². The summed E-state index contributed by atoms with van der Waals surface area (Å²) < 4.78 is 0. The van der Waals surface area contributed by atoms with Gasteiger partial charge < -0.3 is 15.1 Å². The Morgan fingerprint density at radius 3 is 2.88 bits per heavy atom. The lowest BCUT2D eigenvalue weighted by molar-refractivity contribution is -0.142. The third-order valence-corrected chi connectivity index (χ3v) is 3.11. The van der Waals surface area contributed by atoms with Crippen molar-refractivity contribution in [3.05, 3.63) is 0 Å². The van der Waals surface area contributed by atoms with Gasteiger partial charge in [0, 0.05) is 20.1 Å². The Kier molecular flexibility index (Phi) is 4.73. The average Bonchev–Trinajstić information content (AvgIpc) is 2.30. The molecule has 2 amide bonds. The number of nitrogens with zero attached hydrogens (tertiary/aromatic N) is 2. The Morgan fingerprint density at radius 1 is 1.62 bits per heavy atom. The molecule has 0 aromatic rings. The normalized spacial score (nSPS) is 21.1. The molecule has 1 fully saturated rings. The van der Waals surface area contributed by atoms with E-state index in [1.165, 1.54) is 0 Å². The third kappa shape index (κ3) is 2.95. The van der Waals surface area contributed by atoms with Crippen molar-refractivity contribution < 1.29 is 9.59 Å². The van der Waals surface area contributed by atoms with Crippen LogP contribution < -0.4 is 5.32 Å². The van der Waals surface area contributed by atoms with Crippen molar-refractivity contribution >= 4 is 11.8 Å². The zero-order chi connectivity index (χ0) is 12.1. The van der Waals surface area contributed by atoms with Crippen LogP contribution in [0.2, 0.25) is 0 Å². The van der Waals surface area contributed by atoms with Crippen molar-refractivity contribution in [3.63, 3.8) is 0 Å². The average molecular weight is 227 g/mol. The zero-order valence-corrected chi connectivity index (χ0v) is 10.3. The highest BCUT2D eigenvalue weighted by Crippen LogP contribution is 2.11. The third-order valence-electron chi connectivity index (χ3n) is 3.11. The van der Waals surface area contributed by atoms with Crippen LogP contribution in [0.3, 0.4) is 0 Å². The second-order valence-corrected chi connectivity index (χ2v) is 4.15. The molecular formula is C11H21N3O2. The fourth-order valence-electron chi connectivity index (χ4n) is 1.83. The van der Waals surface area contributed by atoms with Crippen molar-refractivity contribution in [2.24, 2.45) is 0 Å². The maximum Gasteiger partial charge on any atom is 0.241 e. The number of hydrogen-bond donors (Lipinski definition) is 1. The van der Waals surface area contributed by atoms with Crippen LogP contribution in [0.4, 0.5) is 0 Å². The molecule has 1 aliphatic rings. The van der Waals surface area contributed by atoms with Crippen molar-refractivity contribution in [1.82, 2.24) is 15.1 Å². The summed E-state index contributed by atoms with van der Waals surface area (Å²) in [6.07, 6.45) is 1.82. The molecule has 0 saturated carbocycles. The number of carbonyl (C=O) groups is 2. The molecule has 0 aromatic heterocycles. The van der Waals surface area contributed by atoms with E-state index in [9.17, 15) is 9.59 Å². The van der Waals surface area contributed by atoms with Gasteiger partial charge in [0.2, 0.25) is 11.8 Å². The van der Waals surface area contributed by atoms with E-state index in [2.05, 4.69) is 5.32 Å². The molecule has 1 unspecified atom stereocenters. The molecular weight excluding hydrogens is 206 g/mol. The fourth-order valence-corrected chi connectivity index (χ4v) is 1.83. The van der Waals surface area contributed by atoms with Gasteiger partial charge >= 0.3 is 0 Å². The minimum atomic E-state index is -0.117. The van der Waals surface area contributed by atoms with Crippen molar-refractivity contribution in [2.45, 2.75) is 25.8 Å². The summed E-state index contributed by atoms with van der Waals surface area (Å²) in [5, 5.41) is 2.98. The van der Waals surface area contributed by atoms with Crippen LogP contribution in [0.15, 0.2) is 0 Å². The molecule has 16 heavy (non-hydrogen) atoms. The first-order valence-corrected chi connectivity index (χ1v) is 5.80. The van der Waals surface area contributed by atoms with E-state index < -0.39 is 0 Å². The minimum Gasteiger partial charge on any atom is -0.345 e. The maximum absolute atomic E-state index is 11.9. The largest absolute Gasteiger partial charge is 0.345 e. The van der Waals surface area contributed by atoms with Gasteiger partial charge in [-0.25, -0.2) is 0 Å². The van der Waals surface area contributed by atoms with Gasteiger partial charge in [0.15, 0.2) is 0 Å². The molecule has 5 heteroatoms. The fraction of sp³-hybridized carbons (Fsp3) is 0.818. The molecule has 1 heterocycles. The van der Waals surface area contributed by atoms with Gasteiger partial charge in [-0.3, -0.25) is 9.59 Å². The van der Waals surface area contributed by atoms with Gasteiger partial charge in [0.25, 0.3) is 0 Å². The number of likely N-dealkylation sites (tertiary alicyclic amines) is 1. The second-order valence-electron chi connectivity index (χ2n) is 4.15. The number of likely N-dealkylation sites (N-methyl/N-ethyl adjacent to an activating group) is 2. The van der Waals surface area contributed by atoms with E-state index in [4.69, 9.17) is 0 Å². The molecule has 0 aliphatic carbocycles. The first-order valence-electron chi connectivity index (χ1n) is 5.80. The Balaban J connectivity index is 2.53. The van der Waals surface area contributed by atoms with E-state index in [0.29, 0.717) is 13.1 Å². The van der Waals surface area contributed by atoms with E-state index in [0.717, 1.165) is 12.8 Å². The zero-order valence-electron chi connectivity index (χ0n) is 10.3. The van der Waals surface area contributed by atoms with Crippen LogP contribution in [0, 0.1) is 0 Å². The molecule has 1 N–H and O–H groups in total. The number of carbonyl (C=O) groups excluding carboxylic acids is 2. The molecule has 0 bridgehead atoms. The SMILES string of the molecule is CCN(C)C(=O)CN1CCCC(NC)C1=O. The molecule has 0 radical (unpaired) electrons. The summed E-state index contributed by atoms with van der Waals surface area (Å²) in [7, 11) is 3.54. The lowest BCUT2D eigenvalue weighted by Gasteiger charge is -2.32. The highest BCUT2D eigenvalue weighted by molar-refractivity contribution is 5.88. The standard InChI is InChI=1S/C11H21N3O2/c1-4-13(3)10(15)8-14-7-5-6-9(12-2)11(14)16/h9,12H,4-8H2,1-3H3. The van der Waals surface area contributed by atoms with Crippen LogP contribution in [0.25, 0.3) is 0 Å². The molecule has 5 nitrogen and oxygen atoms in total. The van der Waals surface area contributed by atoms with E-state index in [1.54, 1.807) is 23.9 Å². The van der Waals surface area contributed by atoms with Crippen molar-refractivity contribution in [1.29, 1.82) is 0 Å². The number of hydrogen-bond acceptors (Lipinski definition) is 3. The second kappa shape index (κ2) is 5.84. The Morgan fingerprint density at radius 2 is 2.31 bits per heavy atom. The molecule has 92 valence electrons. The van der Waals surface area contributed by atoms with Gasteiger partial charge in [0.1, 0.15) is 0 Å². The number of amides is 2. The minimum absolute atomic E-state index is 0.00704. The van der Waals surface area contributed by atoms with Crippen LogP contribution in [0.1, 0.15) is 19.8 Å². The molecule has 0 aromatic carbocycles. The molecule has 1 saturated heterocycles. The van der Waals surface area contributed by atoms with Gasteiger partial charge in [-0.15, -0.1) is 0 Å². The predicted molar refractivity (Wildman–Crippen MR) is 62.0 cm³/mol.